The first kappa shape index (κ1) is 17.3. The topological polar surface area (TPSA) is 46.9 Å². The van der Waals surface area contributed by atoms with E-state index in [-0.39, 0.29) is 11.9 Å². The lowest BCUT2D eigenvalue weighted by Crippen LogP contribution is -2.32. The molecule has 1 atom stereocenters. The minimum atomic E-state index is 0.0604. The Hall–Kier alpha value is -2.11. The van der Waals surface area contributed by atoms with Gasteiger partial charge in [0.1, 0.15) is 0 Å². The van der Waals surface area contributed by atoms with Crippen molar-refractivity contribution >= 4 is 28.8 Å². The molecule has 1 unspecified atom stereocenters. The van der Waals surface area contributed by atoms with Gasteiger partial charge in [-0.1, -0.05) is 29.8 Å². The smallest absolute Gasteiger partial charge is 0.225 e. The van der Waals surface area contributed by atoms with Crippen LogP contribution in [0.15, 0.2) is 48.0 Å². The van der Waals surface area contributed by atoms with Crippen LogP contribution >= 0.6 is 22.9 Å². The average molecular weight is 386 g/mol. The molecule has 6 heteroatoms. The van der Waals surface area contributed by atoms with Crippen LogP contribution in [0.2, 0.25) is 5.02 Å². The third-order valence-corrected chi connectivity index (χ3v) is 5.89. The highest BCUT2D eigenvalue weighted by Gasteiger charge is 2.25. The van der Waals surface area contributed by atoms with E-state index in [0.717, 1.165) is 41.3 Å². The molecule has 26 heavy (non-hydrogen) atoms. The maximum atomic E-state index is 12.4. The van der Waals surface area contributed by atoms with Gasteiger partial charge in [-0.05, 0) is 48.4 Å². The Morgan fingerprint density at radius 2 is 2.15 bits per heavy atom. The first-order valence-corrected chi connectivity index (χ1v) is 10.1. The Labute approximate surface area is 161 Å². The number of carbonyl (C=O) groups is 1. The molecule has 1 aromatic carbocycles. The summed E-state index contributed by atoms with van der Waals surface area (Å²) in [4.78, 5) is 13.5. The first-order chi connectivity index (χ1) is 12.7. The van der Waals surface area contributed by atoms with Crippen molar-refractivity contribution in [2.24, 2.45) is 0 Å². The highest BCUT2D eigenvalue weighted by molar-refractivity contribution is 7.10. The van der Waals surface area contributed by atoms with Crippen molar-refractivity contribution in [3.63, 3.8) is 0 Å². The fourth-order valence-electron chi connectivity index (χ4n) is 3.48. The number of nitrogens with zero attached hydrogens (tertiary/aromatic N) is 2. The van der Waals surface area contributed by atoms with Gasteiger partial charge in [-0.25, -0.2) is 0 Å². The minimum Gasteiger partial charge on any atom is -0.349 e. The molecule has 0 spiro atoms. The monoisotopic (exact) mass is 385 g/mol. The van der Waals surface area contributed by atoms with Crippen LogP contribution in [0.1, 0.15) is 40.6 Å². The maximum absolute atomic E-state index is 12.4. The summed E-state index contributed by atoms with van der Waals surface area (Å²) in [5.74, 6) is 0.0794. The number of benzene rings is 1. The largest absolute Gasteiger partial charge is 0.349 e. The number of carbonyl (C=O) groups excluding carboxylic acids is 1. The molecule has 4 rings (SSSR count). The van der Waals surface area contributed by atoms with Crippen LogP contribution in [-0.2, 0) is 24.2 Å². The summed E-state index contributed by atoms with van der Waals surface area (Å²) in [5, 5.41) is 10.5. The van der Waals surface area contributed by atoms with E-state index in [0.29, 0.717) is 6.42 Å². The number of halogens is 1. The molecule has 0 radical (unpaired) electrons. The van der Waals surface area contributed by atoms with E-state index < -0.39 is 0 Å². The molecule has 2 heterocycles. The van der Waals surface area contributed by atoms with Gasteiger partial charge in [0.2, 0.25) is 5.91 Å². The van der Waals surface area contributed by atoms with E-state index in [4.69, 9.17) is 11.6 Å². The fraction of sp³-hybridized carbons (Fsp3) is 0.300. The van der Waals surface area contributed by atoms with Gasteiger partial charge in [-0.3, -0.25) is 9.48 Å². The molecule has 0 saturated heterocycles. The van der Waals surface area contributed by atoms with Gasteiger partial charge in [0.15, 0.2) is 0 Å². The fourth-order valence-corrected chi connectivity index (χ4v) is 4.31. The summed E-state index contributed by atoms with van der Waals surface area (Å²) in [6.45, 7) is 0.725. The van der Waals surface area contributed by atoms with E-state index in [1.165, 1.54) is 11.3 Å². The van der Waals surface area contributed by atoms with Gasteiger partial charge >= 0.3 is 0 Å². The lowest BCUT2D eigenvalue weighted by atomic mass is 9.92. The van der Waals surface area contributed by atoms with Gasteiger partial charge < -0.3 is 5.32 Å². The van der Waals surface area contributed by atoms with Crippen molar-refractivity contribution in [3.05, 3.63) is 74.7 Å². The Balaban J connectivity index is 1.47. The molecule has 2 aromatic heterocycles. The molecular formula is C20H20ClN3OS. The third-order valence-electron chi connectivity index (χ3n) is 4.76. The Morgan fingerprint density at radius 1 is 1.31 bits per heavy atom. The first-order valence-electron chi connectivity index (χ1n) is 8.80. The van der Waals surface area contributed by atoms with E-state index in [1.807, 2.05) is 48.0 Å². The number of nitrogens with one attached hydrogen (secondary N) is 1. The maximum Gasteiger partial charge on any atom is 0.225 e. The van der Waals surface area contributed by atoms with Crippen LogP contribution in [0.3, 0.4) is 0 Å². The number of hydrogen-bond acceptors (Lipinski definition) is 3. The predicted molar refractivity (Wildman–Crippen MR) is 105 cm³/mol. The number of rotatable bonds is 5. The van der Waals surface area contributed by atoms with Crippen LogP contribution in [0.5, 0.6) is 0 Å². The zero-order valence-electron chi connectivity index (χ0n) is 14.3. The highest BCUT2D eigenvalue weighted by Crippen LogP contribution is 2.30. The summed E-state index contributed by atoms with van der Waals surface area (Å²) >= 11 is 7.58. The molecule has 1 N–H and O–H groups in total. The second kappa shape index (κ2) is 7.64. The van der Waals surface area contributed by atoms with Crippen molar-refractivity contribution in [1.29, 1.82) is 0 Å². The molecule has 3 aromatic rings. The molecule has 0 fully saturated rings. The number of aromatic nitrogens is 2. The Bertz CT molecular complexity index is 886. The summed E-state index contributed by atoms with van der Waals surface area (Å²) < 4.78 is 2.05. The summed E-state index contributed by atoms with van der Waals surface area (Å²) in [6.07, 6.45) is 5.39. The molecule has 0 aliphatic heterocycles. The van der Waals surface area contributed by atoms with E-state index in [9.17, 15) is 4.79 Å². The van der Waals surface area contributed by atoms with Gasteiger partial charge in [0.05, 0.1) is 25.2 Å². The summed E-state index contributed by atoms with van der Waals surface area (Å²) in [5.41, 5.74) is 3.56. The van der Waals surface area contributed by atoms with Gasteiger partial charge in [-0.15, -0.1) is 11.3 Å². The number of fused-ring (bicyclic) bond motifs is 1. The number of hydrogen-bond donors (Lipinski definition) is 1. The lowest BCUT2D eigenvalue weighted by Gasteiger charge is -2.24. The van der Waals surface area contributed by atoms with Crippen LogP contribution in [0, 0.1) is 0 Å². The quantitative estimate of drug-likeness (QED) is 0.708. The van der Waals surface area contributed by atoms with Crippen LogP contribution in [0.4, 0.5) is 0 Å². The van der Waals surface area contributed by atoms with Crippen molar-refractivity contribution < 1.29 is 4.79 Å². The molecular weight excluding hydrogens is 366 g/mol. The third kappa shape index (κ3) is 3.84. The molecule has 0 saturated carbocycles. The second-order valence-electron chi connectivity index (χ2n) is 6.60. The lowest BCUT2D eigenvalue weighted by molar-refractivity contribution is -0.121. The van der Waals surface area contributed by atoms with Crippen molar-refractivity contribution in [1.82, 2.24) is 15.1 Å². The predicted octanol–water partition coefficient (Wildman–Crippen LogP) is 4.38. The molecule has 1 aliphatic rings. The minimum absolute atomic E-state index is 0.0604. The van der Waals surface area contributed by atoms with Gasteiger partial charge in [0.25, 0.3) is 0 Å². The molecule has 1 amide bonds. The standard InChI is InChI=1S/C20H20ClN3OS/c21-15-8-6-14(7-9-15)13-24-19-5-1-4-18(17(19)12-22-24)23-20(25)11-16-3-2-10-26-16/h2-3,6-10,12,18H,1,4-5,11,13H2,(H,23,25). The van der Waals surface area contributed by atoms with E-state index in [2.05, 4.69) is 15.1 Å². The second-order valence-corrected chi connectivity index (χ2v) is 8.07. The molecule has 1 aliphatic carbocycles. The summed E-state index contributed by atoms with van der Waals surface area (Å²) in [6, 6.07) is 11.9. The molecule has 4 nitrogen and oxygen atoms in total. The number of amides is 1. The summed E-state index contributed by atoms with van der Waals surface area (Å²) in [7, 11) is 0. The normalized spacial score (nSPS) is 16.3. The molecule has 134 valence electrons. The molecule has 0 bridgehead atoms. The van der Waals surface area contributed by atoms with Gasteiger partial charge in [0, 0.05) is 21.2 Å². The van der Waals surface area contributed by atoms with Gasteiger partial charge in [-0.2, -0.15) is 5.10 Å². The average Bonchev–Trinajstić information content (AvgIpc) is 3.28. The SMILES string of the molecule is O=C(Cc1cccs1)NC1CCCc2c1cnn2Cc1ccc(Cl)cc1. The van der Waals surface area contributed by atoms with Crippen molar-refractivity contribution in [2.75, 3.05) is 0 Å². The van der Waals surface area contributed by atoms with Crippen LogP contribution < -0.4 is 5.32 Å². The Morgan fingerprint density at radius 3 is 2.92 bits per heavy atom. The zero-order valence-corrected chi connectivity index (χ0v) is 15.9. The van der Waals surface area contributed by atoms with E-state index in [1.54, 1.807) is 11.3 Å². The van der Waals surface area contributed by atoms with E-state index >= 15 is 0 Å². The Kier molecular flexibility index (Phi) is 5.09. The van der Waals surface area contributed by atoms with Crippen LogP contribution in [-0.4, -0.2) is 15.7 Å². The van der Waals surface area contributed by atoms with Crippen LogP contribution in [0.25, 0.3) is 0 Å². The van der Waals surface area contributed by atoms with Crippen molar-refractivity contribution in [3.8, 4) is 0 Å². The highest BCUT2D eigenvalue weighted by atomic mass is 35.5. The number of thiophene rings is 1. The van der Waals surface area contributed by atoms with Crippen molar-refractivity contribution in [2.45, 2.75) is 38.3 Å². The zero-order chi connectivity index (χ0) is 17.9.